The first-order chi connectivity index (χ1) is 10.1. The number of hydrogen-bond acceptors (Lipinski definition) is 2. The van der Waals surface area contributed by atoms with Crippen LogP contribution in [0.25, 0.3) is 0 Å². The lowest BCUT2D eigenvalue weighted by Gasteiger charge is -2.39. The van der Waals surface area contributed by atoms with Crippen LogP contribution >= 0.6 is 0 Å². The van der Waals surface area contributed by atoms with Gasteiger partial charge < -0.3 is 10.2 Å². The van der Waals surface area contributed by atoms with Gasteiger partial charge in [0.1, 0.15) is 0 Å². The van der Waals surface area contributed by atoms with Gasteiger partial charge in [-0.1, -0.05) is 40.5 Å². The van der Waals surface area contributed by atoms with Crippen LogP contribution in [-0.4, -0.2) is 37.1 Å². The third-order valence-electron chi connectivity index (χ3n) is 6.00. The van der Waals surface area contributed by atoms with E-state index in [0.29, 0.717) is 0 Å². The van der Waals surface area contributed by atoms with Crippen molar-refractivity contribution >= 4 is 0 Å². The zero-order valence-corrected chi connectivity index (χ0v) is 14.9. The molecule has 5 atom stereocenters. The van der Waals surface area contributed by atoms with E-state index in [4.69, 9.17) is 0 Å². The molecular weight excluding hydrogens is 256 g/mol. The van der Waals surface area contributed by atoms with E-state index < -0.39 is 0 Å². The van der Waals surface area contributed by atoms with E-state index in [9.17, 15) is 0 Å². The van der Waals surface area contributed by atoms with Gasteiger partial charge in [-0.15, -0.1) is 0 Å². The van der Waals surface area contributed by atoms with Crippen molar-refractivity contribution in [3.63, 3.8) is 0 Å². The van der Waals surface area contributed by atoms with Crippen molar-refractivity contribution in [1.82, 2.24) is 10.2 Å². The summed E-state index contributed by atoms with van der Waals surface area (Å²) in [6.07, 6.45) is 8.41. The Bertz CT molecular complexity index is 281. The standard InChI is InChI=1S/C19H38N2/c1-5-7-17-8-9-19(20-10-6-2)18(11-17)14-21-12-15(3)16(4)13-21/h15-20H,5-14H2,1-4H3. The molecular formula is C19H38N2. The quantitative estimate of drug-likeness (QED) is 0.758. The highest BCUT2D eigenvalue weighted by Crippen LogP contribution is 2.34. The Morgan fingerprint density at radius 2 is 1.71 bits per heavy atom. The molecule has 2 aliphatic rings. The molecule has 5 unspecified atom stereocenters. The predicted molar refractivity (Wildman–Crippen MR) is 92.6 cm³/mol. The number of rotatable bonds is 7. The fraction of sp³-hybridized carbons (Fsp3) is 1.00. The summed E-state index contributed by atoms with van der Waals surface area (Å²) in [5.41, 5.74) is 0. The second-order valence-corrected chi connectivity index (χ2v) is 7.96. The summed E-state index contributed by atoms with van der Waals surface area (Å²) < 4.78 is 0. The summed E-state index contributed by atoms with van der Waals surface area (Å²) in [5.74, 6) is 3.67. The topological polar surface area (TPSA) is 15.3 Å². The van der Waals surface area contributed by atoms with Crippen molar-refractivity contribution < 1.29 is 0 Å². The van der Waals surface area contributed by atoms with Crippen LogP contribution in [0.15, 0.2) is 0 Å². The molecule has 1 heterocycles. The summed E-state index contributed by atoms with van der Waals surface area (Å²) in [7, 11) is 0. The van der Waals surface area contributed by atoms with Gasteiger partial charge in [0.25, 0.3) is 0 Å². The molecule has 2 heteroatoms. The molecule has 1 N–H and O–H groups in total. The Hall–Kier alpha value is -0.0800. The largest absolute Gasteiger partial charge is 0.314 e. The van der Waals surface area contributed by atoms with E-state index in [1.165, 1.54) is 64.7 Å². The molecule has 0 amide bonds. The van der Waals surface area contributed by atoms with Crippen LogP contribution in [-0.2, 0) is 0 Å². The van der Waals surface area contributed by atoms with Gasteiger partial charge in [-0.2, -0.15) is 0 Å². The van der Waals surface area contributed by atoms with Crippen molar-refractivity contribution in [3.05, 3.63) is 0 Å². The van der Waals surface area contributed by atoms with Crippen LogP contribution in [0.1, 0.15) is 66.2 Å². The first kappa shape index (κ1) is 17.3. The van der Waals surface area contributed by atoms with Gasteiger partial charge in [0, 0.05) is 25.7 Å². The lowest BCUT2D eigenvalue weighted by molar-refractivity contribution is 0.146. The molecule has 1 aliphatic heterocycles. The van der Waals surface area contributed by atoms with E-state index >= 15 is 0 Å². The Balaban J connectivity index is 1.89. The maximum Gasteiger partial charge on any atom is 0.0108 e. The van der Waals surface area contributed by atoms with E-state index in [-0.39, 0.29) is 0 Å². The predicted octanol–water partition coefficient (Wildman–Crippen LogP) is 4.16. The maximum atomic E-state index is 3.85. The molecule has 0 radical (unpaired) electrons. The Morgan fingerprint density at radius 1 is 1.00 bits per heavy atom. The van der Waals surface area contributed by atoms with E-state index in [1.54, 1.807) is 0 Å². The molecule has 21 heavy (non-hydrogen) atoms. The zero-order chi connectivity index (χ0) is 15.2. The minimum absolute atomic E-state index is 0.782. The molecule has 0 aromatic carbocycles. The molecule has 0 bridgehead atoms. The normalized spacial score (nSPS) is 38.0. The fourth-order valence-corrected chi connectivity index (χ4v) is 4.56. The van der Waals surface area contributed by atoms with Gasteiger partial charge in [-0.05, 0) is 55.9 Å². The third kappa shape index (κ3) is 4.96. The summed E-state index contributed by atoms with van der Waals surface area (Å²) in [6.45, 7) is 14.7. The van der Waals surface area contributed by atoms with Crippen LogP contribution in [0.2, 0.25) is 0 Å². The van der Waals surface area contributed by atoms with Crippen molar-refractivity contribution in [2.24, 2.45) is 23.7 Å². The van der Waals surface area contributed by atoms with E-state index in [1.807, 2.05) is 0 Å². The highest BCUT2D eigenvalue weighted by molar-refractivity contribution is 4.89. The molecule has 0 aromatic heterocycles. The van der Waals surface area contributed by atoms with Gasteiger partial charge in [0.2, 0.25) is 0 Å². The summed E-state index contributed by atoms with van der Waals surface area (Å²) in [5, 5.41) is 3.85. The number of hydrogen-bond donors (Lipinski definition) is 1. The average molecular weight is 295 g/mol. The summed E-state index contributed by atoms with van der Waals surface area (Å²) >= 11 is 0. The Kier molecular flexibility index (Phi) is 7.01. The zero-order valence-electron chi connectivity index (χ0n) is 14.9. The second kappa shape index (κ2) is 8.53. The molecule has 1 saturated carbocycles. The Morgan fingerprint density at radius 3 is 2.33 bits per heavy atom. The average Bonchev–Trinajstić information content (AvgIpc) is 2.77. The maximum absolute atomic E-state index is 3.85. The number of likely N-dealkylation sites (tertiary alicyclic amines) is 1. The molecule has 2 fully saturated rings. The first-order valence-electron chi connectivity index (χ1n) is 9.59. The molecule has 1 saturated heterocycles. The van der Waals surface area contributed by atoms with E-state index in [0.717, 1.165) is 29.7 Å². The highest BCUT2D eigenvalue weighted by atomic mass is 15.2. The second-order valence-electron chi connectivity index (χ2n) is 7.96. The minimum Gasteiger partial charge on any atom is -0.314 e. The highest BCUT2D eigenvalue weighted by Gasteiger charge is 2.34. The van der Waals surface area contributed by atoms with Crippen molar-refractivity contribution in [2.45, 2.75) is 72.3 Å². The van der Waals surface area contributed by atoms with E-state index in [2.05, 4.69) is 37.9 Å². The number of nitrogens with zero attached hydrogens (tertiary/aromatic N) is 1. The van der Waals surface area contributed by atoms with Crippen molar-refractivity contribution in [1.29, 1.82) is 0 Å². The third-order valence-corrected chi connectivity index (χ3v) is 6.00. The first-order valence-corrected chi connectivity index (χ1v) is 9.59. The molecule has 0 spiro atoms. The molecule has 124 valence electrons. The molecule has 1 aliphatic carbocycles. The van der Waals surface area contributed by atoms with Crippen molar-refractivity contribution in [2.75, 3.05) is 26.2 Å². The van der Waals surface area contributed by atoms with Crippen LogP contribution in [0.4, 0.5) is 0 Å². The van der Waals surface area contributed by atoms with Crippen LogP contribution in [0.5, 0.6) is 0 Å². The summed E-state index contributed by atoms with van der Waals surface area (Å²) in [4.78, 5) is 2.76. The summed E-state index contributed by atoms with van der Waals surface area (Å²) in [6, 6.07) is 0.782. The van der Waals surface area contributed by atoms with Gasteiger partial charge in [-0.3, -0.25) is 0 Å². The van der Waals surface area contributed by atoms with Crippen molar-refractivity contribution in [3.8, 4) is 0 Å². The lowest BCUT2D eigenvalue weighted by atomic mass is 9.76. The molecule has 2 nitrogen and oxygen atoms in total. The Labute approximate surface area is 133 Å². The SMILES string of the molecule is CCCNC1CCC(CCC)CC1CN1CC(C)C(C)C1. The fourth-order valence-electron chi connectivity index (χ4n) is 4.56. The smallest absolute Gasteiger partial charge is 0.0108 e. The molecule has 2 rings (SSSR count). The van der Waals surface area contributed by atoms with Crippen LogP contribution in [0, 0.1) is 23.7 Å². The van der Waals surface area contributed by atoms with Gasteiger partial charge in [0.15, 0.2) is 0 Å². The van der Waals surface area contributed by atoms with Crippen LogP contribution < -0.4 is 5.32 Å². The van der Waals surface area contributed by atoms with Gasteiger partial charge in [-0.25, -0.2) is 0 Å². The lowest BCUT2D eigenvalue weighted by Crippen LogP contribution is -2.45. The minimum atomic E-state index is 0.782. The monoisotopic (exact) mass is 294 g/mol. The molecule has 0 aromatic rings. The van der Waals surface area contributed by atoms with Gasteiger partial charge in [0.05, 0.1) is 0 Å². The van der Waals surface area contributed by atoms with Gasteiger partial charge >= 0.3 is 0 Å². The number of nitrogens with one attached hydrogen (secondary N) is 1. The van der Waals surface area contributed by atoms with Crippen LogP contribution in [0.3, 0.4) is 0 Å².